The van der Waals surface area contributed by atoms with Gasteiger partial charge in [0.15, 0.2) is 0 Å². The second-order valence-electron chi connectivity index (χ2n) is 6.41. The molecule has 2 aliphatic rings. The topological polar surface area (TPSA) is 52.6 Å². The smallest absolute Gasteiger partial charge is 0.341 e. The van der Waals surface area contributed by atoms with Gasteiger partial charge in [-0.25, -0.2) is 4.79 Å². The lowest BCUT2D eigenvalue weighted by Crippen LogP contribution is -2.37. The molecule has 4 heteroatoms. The van der Waals surface area contributed by atoms with Gasteiger partial charge in [-0.1, -0.05) is 42.5 Å². The predicted molar refractivity (Wildman–Crippen MR) is 88.1 cm³/mol. The Balaban J connectivity index is 1.52. The number of carbonyl (C=O) groups excluding carboxylic acids is 2. The van der Waals surface area contributed by atoms with Crippen molar-refractivity contribution in [3.05, 3.63) is 60.2 Å². The summed E-state index contributed by atoms with van der Waals surface area (Å²) in [5.74, 6) is -1.74. The van der Waals surface area contributed by atoms with Gasteiger partial charge in [-0.3, -0.25) is 4.79 Å². The maximum atomic E-state index is 12.5. The van der Waals surface area contributed by atoms with Gasteiger partial charge in [0.25, 0.3) is 5.79 Å². The predicted octanol–water partition coefficient (Wildman–Crippen LogP) is 3.95. The van der Waals surface area contributed by atoms with E-state index in [9.17, 15) is 9.59 Å². The molecule has 2 unspecified atom stereocenters. The SMILES string of the molecule is O=C1CC2CCCC2(OC(=O)c2ccc(-c3ccccc3)cc2)O1. The Labute approximate surface area is 140 Å². The van der Waals surface area contributed by atoms with E-state index in [1.165, 1.54) is 0 Å². The summed E-state index contributed by atoms with van der Waals surface area (Å²) in [5, 5.41) is 0. The Hall–Kier alpha value is -2.62. The molecule has 4 nitrogen and oxygen atoms in total. The molecule has 2 fully saturated rings. The first-order valence-electron chi connectivity index (χ1n) is 8.27. The van der Waals surface area contributed by atoms with Gasteiger partial charge in [0.1, 0.15) is 0 Å². The zero-order chi connectivity index (χ0) is 16.6. The third kappa shape index (κ3) is 2.58. The zero-order valence-electron chi connectivity index (χ0n) is 13.2. The van der Waals surface area contributed by atoms with Crippen LogP contribution in [0.5, 0.6) is 0 Å². The van der Waals surface area contributed by atoms with Crippen molar-refractivity contribution in [1.82, 2.24) is 0 Å². The molecule has 0 bridgehead atoms. The monoisotopic (exact) mass is 322 g/mol. The van der Waals surface area contributed by atoms with Crippen molar-refractivity contribution in [1.29, 1.82) is 0 Å². The molecule has 1 saturated carbocycles. The quantitative estimate of drug-likeness (QED) is 0.803. The molecular formula is C20H18O4. The normalized spacial score (nSPS) is 25.2. The number of fused-ring (bicyclic) bond motifs is 1. The van der Waals surface area contributed by atoms with Crippen LogP contribution >= 0.6 is 0 Å². The van der Waals surface area contributed by atoms with Crippen molar-refractivity contribution in [2.45, 2.75) is 31.5 Å². The Morgan fingerprint density at radius 3 is 2.50 bits per heavy atom. The average Bonchev–Trinajstić information content (AvgIpc) is 3.11. The molecule has 0 N–H and O–H groups in total. The van der Waals surface area contributed by atoms with Crippen molar-refractivity contribution in [3.8, 4) is 11.1 Å². The maximum Gasteiger partial charge on any atom is 0.341 e. The van der Waals surface area contributed by atoms with Crippen LogP contribution in [0.1, 0.15) is 36.0 Å². The summed E-state index contributed by atoms with van der Waals surface area (Å²) in [5.41, 5.74) is 2.60. The highest BCUT2D eigenvalue weighted by molar-refractivity contribution is 5.90. The standard InChI is InChI=1S/C20H18O4/c21-18-13-17-7-4-12-20(17,23-18)24-19(22)16-10-8-15(9-11-16)14-5-2-1-3-6-14/h1-3,5-6,8-11,17H,4,7,12-13H2. The minimum absolute atomic E-state index is 0.00228. The van der Waals surface area contributed by atoms with Crippen LogP contribution in [0.2, 0.25) is 0 Å². The molecule has 24 heavy (non-hydrogen) atoms. The second-order valence-corrected chi connectivity index (χ2v) is 6.41. The maximum absolute atomic E-state index is 12.5. The second kappa shape index (κ2) is 5.78. The Morgan fingerprint density at radius 2 is 1.75 bits per heavy atom. The van der Waals surface area contributed by atoms with Crippen molar-refractivity contribution in [3.63, 3.8) is 0 Å². The minimum atomic E-state index is -1.04. The molecule has 1 heterocycles. The fourth-order valence-electron chi connectivity index (χ4n) is 3.65. The van der Waals surface area contributed by atoms with Gasteiger partial charge in [0, 0.05) is 12.3 Å². The van der Waals surface area contributed by atoms with E-state index in [1.807, 2.05) is 42.5 Å². The van der Waals surface area contributed by atoms with Crippen LogP contribution in [0.15, 0.2) is 54.6 Å². The van der Waals surface area contributed by atoms with E-state index in [1.54, 1.807) is 12.1 Å². The third-order valence-corrected chi connectivity index (χ3v) is 4.89. The first-order chi connectivity index (χ1) is 11.7. The van der Waals surface area contributed by atoms with Crippen molar-refractivity contribution in [2.75, 3.05) is 0 Å². The molecule has 2 atom stereocenters. The molecular weight excluding hydrogens is 304 g/mol. The van der Waals surface area contributed by atoms with Gasteiger partial charge in [0.2, 0.25) is 0 Å². The summed E-state index contributed by atoms with van der Waals surface area (Å²) in [6.45, 7) is 0. The molecule has 0 aromatic heterocycles. The van der Waals surface area contributed by atoms with Gasteiger partial charge >= 0.3 is 11.9 Å². The number of esters is 2. The first kappa shape index (κ1) is 14.9. The van der Waals surface area contributed by atoms with E-state index in [0.29, 0.717) is 18.4 Å². The van der Waals surface area contributed by atoms with Gasteiger partial charge in [0.05, 0.1) is 12.0 Å². The molecule has 0 spiro atoms. The van der Waals surface area contributed by atoms with Gasteiger partial charge in [-0.2, -0.15) is 0 Å². The van der Waals surface area contributed by atoms with Gasteiger partial charge in [-0.15, -0.1) is 0 Å². The summed E-state index contributed by atoms with van der Waals surface area (Å²) in [4.78, 5) is 24.0. The van der Waals surface area contributed by atoms with E-state index < -0.39 is 11.8 Å². The number of carbonyl (C=O) groups is 2. The lowest BCUT2D eigenvalue weighted by atomic mass is 10.0. The van der Waals surface area contributed by atoms with Crippen LogP contribution < -0.4 is 0 Å². The number of hydrogen-bond acceptors (Lipinski definition) is 4. The fourth-order valence-corrected chi connectivity index (χ4v) is 3.65. The highest BCUT2D eigenvalue weighted by Crippen LogP contribution is 2.47. The van der Waals surface area contributed by atoms with E-state index >= 15 is 0 Å². The molecule has 4 rings (SSSR count). The van der Waals surface area contributed by atoms with E-state index in [-0.39, 0.29) is 11.9 Å². The molecule has 1 aliphatic heterocycles. The van der Waals surface area contributed by atoms with Crippen LogP contribution in [0.4, 0.5) is 0 Å². The van der Waals surface area contributed by atoms with Gasteiger partial charge < -0.3 is 9.47 Å². The third-order valence-electron chi connectivity index (χ3n) is 4.89. The average molecular weight is 322 g/mol. The van der Waals surface area contributed by atoms with Crippen LogP contribution in [0, 0.1) is 5.92 Å². The van der Waals surface area contributed by atoms with Crippen LogP contribution in [-0.2, 0) is 14.3 Å². The summed E-state index contributed by atoms with van der Waals surface area (Å²) in [6.07, 6.45) is 2.72. The zero-order valence-corrected chi connectivity index (χ0v) is 13.2. The molecule has 1 saturated heterocycles. The van der Waals surface area contributed by atoms with E-state index in [0.717, 1.165) is 24.0 Å². The van der Waals surface area contributed by atoms with Gasteiger partial charge in [-0.05, 0) is 36.1 Å². The summed E-state index contributed by atoms with van der Waals surface area (Å²) in [7, 11) is 0. The number of rotatable bonds is 3. The number of benzene rings is 2. The summed E-state index contributed by atoms with van der Waals surface area (Å²) in [6, 6.07) is 17.3. The fraction of sp³-hybridized carbons (Fsp3) is 0.300. The lowest BCUT2D eigenvalue weighted by molar-refractivity contribution is -0.195. The van der Waals surface area contributed by atoms with Crippen molar-refractivity contribution < 1.29 is 19.1 Å². The largest absolute Gasteiger partial charge is 0.422 e. The highest BCUT2D eigenvalue weighted by atomic mass is 16.7. The van der Waals surface area contributed by atoms with Crippen LogP contribution in [0.25, 0.3) is 11.1 Å². The van der Waals surface area contributed by atoms with Crippen molar-refractivity contribution in [2.24, 2.45) is 5.92 Å². The molecule has 2 aromatic rings. The highest BCUT2D eigenvalue weighted by Gasteiger charge is 2.55. The lowest BCUT2D eigenvalue weighted by Gasteiger charge is -2.27. The Morgan fingerprint density at radius 1 is 1.04 bits per heavy atom. The molecule has 0 amide bonds. The Bertz CT molecular complexity index is 766. The van der Waals surface area contributed by atoms with Crippen LogP contribution in [-0.4, -0.2) is 17.7 Å². The van der Waals surface area contributed by atoms with E-state index in [2.05, 4.69) is 0 Å². The number of ether oxygens (including phenoxy) is 2. The van der Waals surface area contributed by atoms with E-state index in [4.69, 9.17) is 9.47 Å². The summed E-state index contributed by atoms with van der Waals surface area (Å²) < 4.78 is 11.0. The molecule has 0 radical (unpaired) electrons. The van der Waals surface area contributed by atoms with Crippen LogP contribution in [0.3, 0.4) is 0 Å². The van der Waals surface area contributed by atoms with Crippen molar-refractivity contribution >= 4 is 11.9 Å². The molecule has 1 aliphatic carbocycles. The molecule has 2 aromatic carbocycles. The first-order valence-corrected chi connectivity index (χ1v) is 8.27. The molecule has 122 valence electrons. The number of hydrogen-bond donors (Lipinski definition) is 0. The summed E-state index contributed by atoms with van der Waals surface area (Å²) >= 11 is 0. The Kier molecular flexibility index (Phi) is 3.60. The minimum Gasteiger partial charge on any atom is -0.422 e.